The largest absolute Gasteiger partial charge is 0.391 e. The highest BCUT2D eigenvalue weighted by atomic mass is 16.1. The molecule has 80 valence electrons. The molecule has 3 rings (SSSR count). The number of nitrogens with one attached hydrogen (secondary N) is 3. The Morgan fingerprint density at radius 2 is 2.20 bits per heavy atom. The Balaban J connectivity index is 1.78. The Morgan fingerprint density at radius 3 is 2.93 bits per heavy atom. The SMILES string of the molecule is Nc1c(NC2C3CNCC32)nc[nH]c1=O. The molecule has 1 aliphatic heterocycles. The van der Waals surface area contributed by atoms with Crippen LogP contribution >= 0.6 is 0 Å². The number of rotatable bonds is 2. The highest BCUT2D eigenvalue weighted by molar-refractivity contribution is 5.60. The number of hydrogen-bond donors (Lipinski definition) is 4. The van der Waals surface area contributed by atoms with E-state index in [0.29, 0.717) is 23.7 Å². The molecule has 15 heavy (non-hydrogen) atoms. The zero-order valence-electron chi connectivity index (χ0n) is 8.16. The van der Waals surface area contributed by atoms with Crippen molar-refractivity contribution in [2.45, 2.75) is 6.04 Å². The van der Waals surface area contributed by atoms with Gasteiger partial charge < -0.3 is 21.4 Å². The minimum atomic E-state index is -0.281. The van der Waals surface area contributed by atoms with E-state index in [4.69, 9.17) is 5.73 Å². The number of anilines is 2. The summed E-state index contributed by atoms with van der Waals surface area (Å²) >= 11 is 0. The molecule has 2 aliphatic rings. The second-order valence-electron chi connectivity index (χ2n) is 4.15. The molecule has 1 saturated carbocycles. The molecule has 1 aromatic rings. The average Bonchev–Trinajstić information content (AvgIpc) is 2.69. The number of hydrogen-bond acceptors (Lipinski definition) is 5. The summed E-state index contributed by atoms with van der Waals surface area (Å²) < 4.78 is 0. The third-order valence-corrected chi connectivity index (χ3v) is 3.28. The van der Waals surface area contributed by atoms with Gasteiger partial charge in [-0.05, 0) is 11.8 Å². The van der Waals surface area contributed by atoms with Gasteiger partial charge in [0.25, 0.3) is 5.56 Å². The maximum absolute atomic E-state index is 11.2. The lowest BCUT2D eigenvalue weighted by molar-refractivity contribution is 0.695. The third-order valence-electron chi connectivity index (χ3n) is 3.28. The summed E-state index contributed by atoms with van der Waals surface area (Å²) in [6, 6.07) is 0.433. The van der Waals surface area contributed by atoms with Crippen LogP contribution in [0, 0.1) is 11.8 Å². The van der Waals surface area contributed by atoms with E-state index in [0.717, 1.165) is 13.1 Å². The summed E-state index contributed by atoms with van der Waals surface area (Å²) in [7, 11) is 0. The van der Waals surface area contributed by atoms with Gasteiger partial charge in [0.2, 0.25) is 0 Å². The van der Waals surface area contributed by atoms with Crippen LogP contribution in [0.3, 0.4) is 0 Å². The van der Waals surface area contributed by atoms with Gasteiger partial charge in [0.05, 0.1) is 6.33 Å². The van der Waals surface area contributed by atoms with E-state index in [1.165, 1.54) is 6.33 Å². The van der Waals surface area contributed by atoms with Gasteiger partial charge >= 0.3 is 0 Å². The number of aromatic amines is 1. The van der Waals surface area contributed by atoms with Crippen LogP contribution < -0.4 is 21.9 Å². The molecule has 6 nitrogen and oxygen atoms in total. The van der Waals surface area contributed by atoms with Crippen molar-refractivity contribution >= 4 is 11.5 Å². The number of piperidine rings is 1. The molecule has 5 N–H and O–H groups in total. The summed E-state index contributed by atoms with van der Waals surface area (Å²) in [4.78, 5) is 17.7. The van der Waals surface area contributed by atoms with Crippen molar-refractivity contribution in [1.29, 1.82) is 0 Å². The fraction of sp³-hybridized carbons (Fsp3) is 0.556. The van der Waals surface area contributed by atoms with E-state index in [-0.39, 0.29) is 11.2 Å². The van der Waals surface area contributed by atoms with Gasteiger partial charge in [0, 0.05) is 19.1 Å². The number of nitrogens with zero attached hydrogens (tertiary/aromatic N) is 1. The molecule has 0 amide bonds. The van der Waals surface area contributed by atoms with Crippen LogP contribution in [0.15, 0.2) is 11.1 Å². The van der Waals surface area contributed by atoms with E-state index in [2.05, 4.69) is 20.6 Å². The van der Waals surface area contributed by atoms with Crippen LogP contribution in [0.2, 0.25) is 0 Å². The van der Waals surface area contributed by atoms with Gasteiger partial charge in [-0.2, -0.15) is 0 Å². The molecule has 0 radical (unpaired) electrons. The predicted octanol–water partition coefficient (Wildman–Crippen LogP) is -1.02. The first-order chi connectivity index (χ1) is 7.27. The summed E-state index contributed by atoms with van der Waals surface area (Å²) in [6.07, 6.45) is 1.37. The molecule has 1 saturated heterocycles. The Morgan fingerprint density at radius 1 is 1.47 bits per heavy atom. The Labute approximate surface area is 86.3 Å². The third kappa shape index (κ3) is 1.29. The fourth-order valence-corrected chi connectivity index (χ4v) is 2.32. The minimum Gasteiger partial charge on any atom is -0.391 e. The molecule has 1 aliphatic carbocycles. The molecular formula is C9H13N5O. The maximum atomic E-state index is 11.2. The number of aromatic nitrogens is 2. The van der Waals surface area contributed by atoms with Gasteiger partial charge in [-0.1, -0.05) is 0 Å². The van der Waals surface area contributed by atoms with Crippen LogP contribution in [-0.4, -0.2) is 29.1 Å². The van der Waals surface area contributed by atoms with Gasteiger partial charge in [-0.3, -0.25) is 4.79 Å². The van der Waals surface area contributed by atoms with Crippen molar-refractivity contribution in [3.8, 4) is 0 Å². The zero-order chi connectivity index (χ0) is 10.4. The van der Waals surface area contributed by atoms with Crippen LogP contribution in [0.4, 0.5) is 11.5 Å². The molecule has 0 spiro atoms. The first-order valence-electron chi connectivity index (χ1n) is 5.08. The minimum absolute atomic E-state index is 0.176. The van der Waals surface area contributed by atoms with E-state index < -0.39 is 0 Å². The van der Waals surface area contributed by atoms with Crippen molar-refractivity contribution in [1.82, 2.24) is 15.3 Å². The quantitative estimate of drug-likeness (QED) is 0.498. The smallest absolute Gasteiger partial charge is 0.276 e. The standard InChI is InChI=1S/C9H13N5O/c10-6-8(12-3-13-9(6)15)14-7-4-1-11-2-5(4)7/h3-5,7,11H,1-2,10H2,(H2,12,13,14,15). The lowest BCUT2D eigenvalue weighted by Crippen LogP contribution is -2.24. The summed E-state index contributed by atoms with van der Waals surface area (Å²) in [5.74, 6) is 1.86. The fourth-order valence-electron chi connectivity index (χ4n) is 2.32. The molecule has 0 bridgehead atoms. The van der Waals surface area contributed by atoms with Gasteiger partial charge in [-0.15, -0.1) is 0 Å². The van der Waals surface area contributed by atoms with Crippen molar-refractivity contribution in [3.05, 3.63) is 16.7 Å². The Kier molecular flexibility index (Phi) is 1.72. The number of H-pyrrole nitrogens is 1. The number of nitrogen functional groups attached to an aromatic ring is 1. The van der Waals surface area contributed by atoms with Crippen LogP contribution in [0.5, 0.6) is 0 Å². The van der Waals surface area contributed by atoms with Crippen molar-refractivity contribution < 1.29 is 0 Å². The lowest BCUT2D eigenvalue weighted by Gasteiger charge is -2.08. The highest BCUT2D eigenvalue weighted by Gasteiger charge is 2.53. The van der Waals surface area contributed by atoms with Crippen molar-refractivity contribution in [2.24, 2.45) is 11.8 Å². The molecule has 1 aromatic heterocycles. The van der Waals surface area contributed by atoms with Crippen LogP contribution in [0.1, 0.15) is 0 Å². The Bertz CT molecular complexity index is 432. The number of nitrogens with two attached hydrogens (primary N) is 1. The maximum Gasteiger partial charge on any atom is 0.276 e. The van der Waals surface area contributed by atoms with Gasteiger partial charge in [0.15, 0.2) is 5.82 Å². The van der Waals surface area contributed by atoms with Crippen LogP contribution in [0.25, 0.3) is 0 Å². The first-order valence-corrected chi connectivity index (χ1v) is 5.08. The molecule has 2 fully saturated rings. The van der Waals surface area contributed by atoms with Gasteiger partial charge in [0.1, 0.15) is 5.69 Å². The predicted molar refractivity (Wildman–Crippen MR) is 56.5 cm³/mol. The first kappa shape index (κ1) is 8.72. The average molecular weight is 207 g/mol. The van der Waals surface area contributed by atoms with Gasteiger partial charge in [-0.25, -0.2) is 4.98 Å². The number of fused-ring (bicyclic) bond motifs is 1. The normalized spacial score (nSPS) is 32.4. The summed E-state index contributed by atoms with van der Waals surface area (Å²) in [5.41, 5.74) is 5.52. The van der Waals surface area contributed by atoms with Crippen LogP contribution in [-0.2, 0) is 0 Å². The summed E-state index contributed by atoms with van der Waals surface area (Å²) in [5, 5.41) is 6.53. The highest BCUT2D eigenvalue weighted by Crippen LogP contribution is 2.43. The van der Waals surface area contributed by atoms with E-state index in [1.807, 2.05) is 0 Å². The topological polar surface area (TPSA) is 95.8 Å². The van der Waals surface area contributed by atoms with E-state index in [9.17, 15) is 4.79 Å². The molecule has 2 heterocycles. The van der Waals surface area contributed by atoms with Crippen molar-refractivity contribution in [2.75, 3.05) is 24.1 Å². The second kappa shape index (κ2) is 2.96. The van der Waals surface area contributed by atoms with E-state index >= 15 is 0 Å². The monoisotopic (exact) mass is 207 g/mol. The molecular weight excluding hydrogens is 194 g/mol. The molecule has 6 heteroatoms. The molecule has 0 aromatic carbocycles. The van der Waals surface area contributed by atoms with Crippen molar-refractivity contribution in [3.63, 3.8) is 0 Å². The molecule has 2 atom stereocenters. The lowest BCUT2D eigenvalue weighted by atomic mass is 10.4. The van der Waals surface area contributed by atoms with E-state index in [1.54, 1.807) is 0 Å². The zero-order valence-corrected chi connectivity index (χ0v) is 8.16. The molecule has 2 unspecified atom stereocenters. The summed E-state index contributed by atoms with van der Waals surface area (Å²) in [6.45, 7) is 2.09. The Hall–Kier alpha value is -1.56. The second-order valence-corrected chi connectivity index (χ2v) is 4.15.